The van der Waals surface area contributed by atoms with Crippen LogP contribution in [-0.2, 0) is 22.3 Å². The van der Waals surface area contributed by atoms with E-state index in [-0.39, 0.29) is 24.1 Å². The van der Waals surface area contributed by atoms with Crippen molar-refractivity contribution in [1.29, 1.82) is 0 Å². The molecule has 1 fully saturated rings. The molecule has 13 heteroatoms. The van der Waals surface area contributed by atoms with Crippen LogP contribution in [0.25, 0.3) is 11.3 Å². The molecule has 1 aliphatic heterocycles. The molecule has 39 heavy (non-hydrogen) atoms. The van der Waals surface area contributed by atoms with Crippen LogP contribution in [0, 0.1) is 5.92 Å². The second kappa shape index (κ2) is 12.1. The number of ether oxygens (including phenoxy) is 1. The first-order chi connectivity index (χ1) is 18.7. The highest BCUT2D eigenvalue weighted by atomic mass is 19.4. The first kappa shape index (κ1) is 27.8. The monoisotopic (exact) mass is 545 g/mol. The molecule has 3 N–H and O–H groups in total. The van der Waals surface area contributed by atoms with Gasteiger partial charge in [-0.3, -0.25) is 14.4 Å². The van der Waals surface area contributed by atoms with E-state index in [2.05, 4.69) is 25.9 Å². The van der Waals surface area contributed by atoms with E-state index in [0.29, 0.717) is 42.9 Å². The van der Waals surface area contributed by atoms with E-state index in [1.807, 2.05) is 0 Å². The fourth-order valence-corrected chi connectivity index (χ4v) is 4.16. The summed E-state index contributed by atoms with van der Waals surface area (Å²) in [7, 11) is 1.51. The molecule has 0 aliphatic carbocycles. The zero-order valence-corrected chi connectivity index (χ0v) is 20.9. The number of alkyl halides is 3. The maximum Gasteiger partial charge on any atom is 0.451 e. The summed E-state index contributed by atoms with van der Waals surface area (Å²) < 4.78 is 49.6. The van der Waals surface area contributed by atoms with Gasteiger partial charge in [-0.15, -0.1) is 0 Å². The number of carbonyl (C=O) groups is 3. The number of benzene rings is 1. The van der Waals surface area contributed by atoms with Gasteiger partial charge in [0, 0.05) is 38.6 Å². The van der Waals surface area contributed by atoms with E-state index in [0.717, 1.165) is 12.3 Å². The Kier molecular flexibility index (Phi) is 8.59. The van der Waals surface area contributed by atoms with Crippen molar-refractivity contribution < 1.29 is 36.7 Å². The van der Waals surface area contributed by atoms with Crippen LogP contribution in [0.3, 0.4) is 0 Å². The minimum absolute atomic E-state index is 0.00495. The van der Waals surface area contributed by atoms with Gasteiger partial charge in [-0.05, 0) is 48.6 Å². The third-order valence-corrected chi connectivity index (χ3v) is 6.19. The highest BCUT2D eigenvalue weighted by molar-refractivity contribution is 5.96. The number of likely N-dealkylation sites (N-methyl/N-ethyl adjacent to an activating group) is 1. The van der Waals surface area contributed by atoms with Crippen molar-refractivity contribution in [1.82, 2.24) is 25.9 Å². The van der Waals surface area contributed by atoms with Gasteiger partial charge in [0.1, 0.15) is 17.5 Å². The normalized spacial score (nSPS) is 14.9. The van der Waals surface area contributed by atoms with Crippen molar-refractivity contribution in [2.24, 2.45) is 5.92 Å². The van der Waals surface area contributed by atoms with Crippen LogP contribution in [0.4, 0.5) is 13.2 Å². The highest BCUT2D eigenvalue weighted by Crippen LogP contribution is 2.26. The molecule has 3 aromatic rings. The number of halogens is 3. The molecule has 0 unspecified atom stereocenters. The molecule has 1 saturated heterocycles. The van der Waals surface area contributed by atoms with Crippen molar-refractivity contribution in [3.05, 3.63) is 71.5 Å². The van der Waals surface area contributed by atoms with Crippen molar-refractivity contribution in [2.75, 3.05) is 20.3 Å². The average Bonchev–Trinajstić information content (AvgIpc) is 3.45. The van der Waals surface area contributed by atoms with Crippen molar-refractivity contribution in [3.63, 3.8) is 0 Å². The lowest BCUT2D eigenvalue weighted by molar-refractivity contribution is -0.145. The number of aromatic nitrogens is 2. The summed E-state index contributed by atoms with van der Waals surface area (Å²) in [5.74, 6) is -2.69. The largest absolute Gasteiger partial charge is 0.451 e. The molecule has 1 aliphatic rings. The Morgan fingerprint density at radius 2 is 1.85 bits per heavy atom. The van der Waals surface area contributed by atoms with Gasteiger partial charge in [0.15, 0.2) is 5.76 Å². The Bertz CT molecular complexity index is 1340. The number of nitrogens with one attached hydrogen (secondary N) is 3. The molecule has 2 aromatic heterocycles. The number of nitrogens with zero attached hydrogens (tertiary/aromatic N) is 2. The topological polar surface area (TPSA) is 135 Å². The lowest BCUT2D eigenvalue weighted by atomic mass is 9.91. The maximum atomic E-state index is 12.9. The second-order valence-electron chi connectivity index (χ2n) is 8.83. The lowest BCUT2D eigenvalue weighted by Gasteiger charge is -2.29. The van der Waals surface area contributed by atoms with Crippen LogP contribution in [-0.4, -0.2) is 54.0 Å². The first-order valence-corrected chi connectivity index (χ1v) is 12.1. The van der Waals surface area contributed by atoms with Crippen LogP contribution in [0.5, 0.6) is 0 Å². The van der Waals surface area contributed by atoms with Gasteiger partial charge >= 0.3 is 6.18 Å². The summed E-state index contributed by atoms with van der Waals surface area (Å²) in [6, 6.07) is 10.3. The predicted molar refractivity (Wildman–Crippen MR) is 131 cm³/mol. The number of amides is 3. The molecule has 4 rings (SSSR count). The quantitative estimate of drug-likeness (QED) is 0.396. The third kappa shape index (κ3) is 6.99. The Balaban J connectivity index is 1.41. The zero-order chi connectivity index (χ0) is 28.0. The molecule has 3 heterocycles. The predicted octanol–water partition coefficient (Wildman–Crippen LogP) is 2.96. The number of furan rings is 1. The minimum atomic E-state index is -4.77. The molecule has 1 aromatic carbocycles. The third-order valence-electron chi connectivity index (χ3n) is 6.19. The first-order valence-electron chi connectivity index (χ1n) is 12.1. The molecule has 3 amide bonds. The van der Waals surface area contributed by atoms with Crippen LogP contribution >= 0.6 is 0 Å². The van der Waals surface area contributed by atoms with Gasteiger partial charge < -0.3 is 25.1 Å². The summed E-state index contributed by atoms with van der Waals surface area (Å²) in [5, 5.41) is 7.87. The van der Waals surface area contributed by atoms with E-state index < -0.39 is 35.6 Å². The fraction of sp³-hybridized carbons (Fsp3) is 0.346. The maximum absolute atomic E-state index is 12.9. The Hall–Kier alpha value is -4.26. The van der Waals surface area contributed by atoms with E-state index in [1.54, 1.807) is 30.3 Å². The Labute approximate surface area is 221 Å². The van der Waals surface area contributed by atoms with Crippen LogP contribution in [0.1, 0.15) is 45.3 Å². The van der Waals surface area contributed by atoms with Crippen LogP contribution in [0.2, 0.25) is 0 Å². The Morgan fingerprint density at radius 1 is 1.08 bits per heavy atom. The molecule has 0 spiro atoms. The SMILES string of the molecule is CNC(=O)[C@@H](NC(=O)c1ccc(-c2cccc(CNC(=O)c3ccnc(C(F)(F)F)n3)c2)o1)C1CCOCC1. The standard InChI is InChI=1S/C26H26F3N5O5/c1-30-24(37)21(16-8-11-38-12-9-16)34-23(36)20-6-5-19(39-20)17-4-2-3-15(13-17)14-32-22(35)18-7-10-31-25(33-18)26(27,28)29/h2-7,10,13,16,21H,8-9,11-12,14H2,1H3,(H,30,37)(H,32,35)(H,34,36)/t21-/m0/s1. The molecular weight excluding hydrogens is 519 g/mol. The van der Waals surface area contributed by atoms with E-state index in [4.69, 9.17) is 9.15 Å². The summed E-state index contributed by atoms with van der Waals surface area (Å²) >= 11 is 0. The summed E-state index contributed by atoms with van der Waals surface area (Å²) in [5.41, 5.74) is 0.827. The van der Waals surface area contributed by atoms with E-state index in [1.165, 1.54) is 13.1 Å². The number of rotatable bonds is 8. The second-order valence-corrected chi connectivity index (χ2v) is 8.83. The molecule has 206 valence electrons. The molecule has 0 radical (unpaired) electrons. The van der Waals surface area contributed by atoms with Gasteiger partial charge in [-0.2, -0.15) is 13.2 Å². The molecule has 10 nitrogen and oxygen atoms in total. The van der Waals surface area contributed by atoms with E-state index >= 15 is 0 Å². The van der Waals surface area contributed by atoms with Crippen LogP contribution in [0.15, 0.2) is 53.1 Å². The summed E-state index contributed by atoms with van der Waals surface area (Å²) in [6.07, 6.45) is -2.61. The number of carbonyl (C=O) groups excluding carboxylic acids is 3. The van der Waals surface area contributed by atoms with E-state index in [9.17, 15) is 27.6 Å². The molecular formula is C26H26F3N5O5. The van der Waals surface area contributed by atoms with Gasteiger partial charge in [-0.25, -0.2) is 9.97 Å². The highest BCUT2D eigenvalue weighted by Gasteiger charge is 2.35. The molecule has 0 saturated carbocycles. The van der Waals surface area contributed by atoms with Crippen molar-refractivity contribution in [2.45, 2.75) is 31.6 Å². The smallest absolute Gasteiger partial charge is 0.451 e. The number of hydrogen-bond donors (Lipinski definition) is 3. The molecule has 0 bridgehead atoms. The zero-order valence-electron chi connectivity index (χ0n) is 20.9. The summed E-state index contributed by atoms with van der Waals surface area (Å²) in [4.78, 5) is 44.1. The molecule has 1 atom stereocenters. The van der Waals surface area contributed by atoms with Crippen molar-refractivity contribution >= 4 is 17.7 Å². The van der Waals surface area contributed by atoms with Gasteiger partial charge in [0.05, 0.1) is 0 Å². The average molecular weight is 546 g/mol. The lowest BCUT2D eigenvalue weighted by Crippen LogP contribution is -2.51. The van der Waals surface area contributed by atoms with Gasteiger partial charge in [0.25, 0.3) is 11.8 Å². The van der Waals surface area contributed by atoms with Crippen LogP contribution < -0.4 is 16.0 Å². The van der Waals surface area contributed by atoms with Crippen molar-refractivity contribution in [3.8, 4) is 11.3 Å². The number of hydrogen-bond acceptors (Lipinski definition) is 7. The minimum Gasteiger partial charge on any atom is -0.451 e. The van der Waals surface area contributed by atoms with Gasteiger partial charge in [-0.1, -0.05) is 18.2 Å². The fourth-order valence-electron chi connectivity index (χ4n) is 4.16. The Morgan fingerprint density at radius 3 is 2.56 bits per heavy atom. The van der Waals surface area contributed by atoms with Gasteiger partial charge in [0.2, 0.25) is 11.7 Å². The summed E-state index contributed by atoms with van der Waals surface area (Å²) in [6.45, 7) is 1.04.